The van der Waals surface area contributed by atoms with Crippen LogP contribution in [-0.4, -0.2) is 31.1 Å². The standard InChI is InChI=1S/C15H16Cl2N2S/c16-12-4-1-3-11(14(12)17)15(13-5-2-10-20-13)19-8-6-18-7-9-19/h1-5,10,15,18H,6-9H2/t15-/m1/s1. The molecule has 20 heavy (non-hydrogen) atoms. The summed E-state index contributed by atoms with van der Waals surface area (Å²) in [6, 6.07) is 10.4. The minimum absolute atomic E-state index is 0.198. The van der Waals surface area contributed by atoms with Gasteiger partial charge in [0.2, 0.25) is 0 Å². The van der Waals surface area contributed by atoms with Crippen LogP contribution in [0.4, 0.5) is 0 Å². The molecule has 0 bridgehead atoms. The Morgan fingerprint density at radius 2 is 1.90 bits per heavy atom. The average molecular weight is 327 g/mol. The van der Waals surface area contributed by atoms with Crippen molar-refractivity contribution in [1.82, 2.24) is 10.2 Å². The molecule has 5 heteroatoms. The minimum atomic E-state index is 0.198. The maximum atomic E-state index is 6.45. The molecule has 1 N–H and O–H groups in total. The Morgan fingerprint density at radius 1 is 1.10 bits per heavy atom. The highest BCUT2D eigenvalue weighted by Crippen LogP contribution is 2.38. The van der Waals surface area contributed by atoms with E-state index in [-0.39, 0.29) is 6.04 Å². The largest absolute Gasteiger partial charge is 0.314 e. The van der Waals surface area contributed by atoms with Crippen LogP contribution in [0, 0.1) is 0 Å². The number of piperazine rings is 1. The third-order valence-electron chi connectivity index (χ3n) is 3.61. The fourth-order valence-corrected chi connectivity index (χ4v) is 3.94. The fourth-order valence-electron chi connectivity index (χ4n) is 2.65. The molecule has 2 nitrogen and oxygen atoms in total. The lowest BCUT2D eigenvalue weighted by Crippen LogP contribution is -2.45. The lowest BCUT2D eigenvalue weighted by Gasteiger charge is -2.35. The van der Waals surface area contributed by atoms with Crippen molar-refractivity contribution in [2.45, 2.75) is 6.04 Å². The number of hydrogen-bond acceptors (Lipinski definition) is 3. The fraction of sp³-hybridized carbons (Fsp3) is 0.333. The summed E-state index contributed by atoms with van der Waals surface area (Å²) in [6.45, 7) is 4.07. The van der Waals surface area contributed by atoms with Crippen LogP contribution in [-0.2, 0) is 0 Å². The minimum Gasteiger partial charge on any atom is -0.314 e. The molecular weight excluding hydrogens is 311 g/mol. The second-order valence-corrected chi connectivity index (χ2v) is 6.61. The Kier molecular flexibility index (Phi) is 4.64. The first-order chi connectivity index (χ1) is 9.77. The molecule has 106 valence electrons. The van der Waals surface area contributed by atoms with E-state index in [4.69, 9.17) is 23.2 Å². The maximum absolute atomic E-state index is 6.45. The maximum Gasteiger partial charge on any atom is 0.0712 e. The van der Waals surface area contributed by atoms with Crippen LogP contribution in [0.1, 0.15) is 16.5 Å². The third-order valence-corrected chi connectivity index (χ3v) is 5.36. The summed E-state index contributed by atoms with van der Waals surface area (Å²) in [6.07, 6.45) is 0. The van der Waals surface area contributed by atoms with E-state index in [0.29, 0.717) is 10.0 Å². The molecule has 2 heterocycles. The van der Waals surface area contributed by atoms with Gasteiger partial charge in [-0.1, -0.05) is 41.4 Å². The van der Waals surface area contributed by atoms with Crippen molar-refractivity contribution in [3.8, 4) is 0 Å². The van der Waals surface area contributed by atoms with Gasteiger partial charge < -0.3 is 5.32 Å². The summed E-state index contributed by atoms with van der Waals surface area (Å²) in [4.78, 5) is 3.79. The van der Waals surface area contributed by atoms with Crippen LogP contribution in [0.25, 0.3) is 0 Å². The van der Waals surface area contributed by atoms with Crippen molar-refractivity contribution in [2.75, 3.05) is 26.2 Å². The van der Waals surface area contributed by atoms with E-state index in [1.54, 1.807) is 11.3 Å². The summed E-state index contributed by atoms with van der Waals surface area (Å²) < 4.78 is 0. The zero-order valence-corrected chi connectivity index (χ0v) is 13.3. The van der Waals surface area contributed by atoms with Gasteiger partial charge in [0.1, 0.15) is 0 Å². The van der Waals surface area contributed by atoms with Gasteiger partial charge in [0, 0.05) is 31.1 Å². The SMILES string of the molecule is Clc1cccc([C@H](c2cccs2)N2CCNCC2)c1Cl. The molecule has 3 rings (SSSR count). The van der Waals surface area contributed by atoms with E-state index in [1.165, 1.54) is 4.88 Å². The number of rotatable bonds is 3. The first-order valence-electron chi connectivity index (χ1n) is 6.69. The molecule has 2 aromatic rings. The second-order valence-electron chi connectivity index (χ2n) is 4.85. The van der Waals surface area contributed by atoms with E-state index < -0.39 is 0 Å². The molecule has 0 radical (unpaired) electrons. The lowest BCUT2D eigenvalue weighted by molar-refractivity contribution is 0.201. The molecule has 0 unspecified atom stereocenters. The van der Waals surface area contributed by atoms with Crippen molar-refractivity contribution < 1.29 is 0 Å². The Bertz CT molecular complexity index is 565. The first kappa shape index (κ1) is 14.4. The van der Waals surface area contributed by atoms with E-state index in [1.807, 2.05) is 12.1 Å². The van der Waals surface area contributed by atoms with E-state index in [9.17, 15) is 0 Å². The number of benzene rings is 1. The van der Waals surface area contributed by atoms with Gasteiger partial charge in [0.05, 0.1) is 16.1 Å². The van der Waals surface area contributed by atoms with Gasteiger partial charge in [-0.3, -0.25) is 4.90 Å². The van der Waals surface area contributed by atoms with Gasteiger partial charge in [-0.05, 0) is 23.1 Å². The van der Waals surface area contributed by atoms with Crippen molar-refractivity contribution >= 4 is 34.5 Å². The normalized spacial score (nSPS) is 18.1. The van der Waals surface area contributed by atoms with Gasteiger partial charge >= 0.3 is 0 Å². The van der Waals surface area contributed by atoms with Gasteiger partial charge in [0.15, 0.2) is 0 Å². The number of nitrogens with zero attached hydrogens (tertiary/aromatic N) is 1. The van der Waals surface area contributed by atoms with Gasteiger partial charge in [-0.25, -0.2) is 0 Å². The molecule has 0 saturated carbocycles. The highest BCUT2D eigenvalue weighted by atomic mass is 35.5. The molecule has 0 spiro atoms. The molecule has 0 amide bonds. The summed E-state index contributed by atoms with van der Waals surface area (Å²) in [5.74, 6) is 0. The van der Waals surface area contributed by atoms with Crippen LogP contribution in [0.15, 0.2) is 35.7 Å². The Labute approximate surface area is 133 Å². The predicted octanol–water partition coefficient (Wildman–Crippen LogP) is 4.05. The average Bonchev–Trinajstić information content (AvgIpc) is 2.99. The van der Waals surface area contributed by atoms with Crippen LogP contribution >= 0.6 is 34.5 Å². The summed E-state index contributed by atoms with van der Waals surface area (Å²) in [7, 11) is 0. The number of thiophene rings is 1. The van der Waals surface area contributed by atoms with Gasteiger partial charge in [0.25, 0.3) is 0 Å². The molecule has 1 aliphatic rings. The second kappa shape index (κ2) is 6.46. The summed E-state index contributed by atoms with van der Waals surface area (Å²) >= 11 is 14.4. The molecular formula is C15H16Cl2N2S. The van der Waals surface area contributed by atoms with Crippen LogP contribution in [0.2, 0.25) is 10.0 Å². The van der Waals surface area contributed by atoms with Crippen LogP contribution in [0.5, 0.6) is 0 Å². The Hall–Kier alpha value is -0.580. The van der Waals surface area contributed by atoms with Crippen LogP contribution in [0.3, 0.4) is 0 Å². The third kappa shape index (κ3) is 2.87. The quantitative estimate of drug-likeness (QED) is 0.915. The number of hydrogen-bond donors (Lipinski definition) is 1. The van der Waals surface area contributed by atoms with Gasteiger partial charge in [-0.2, -0.15) is 0 Å². The van der Waals surface area contributed by atoms with Crippen molar-refractivity contribution in [1.29, 1.82) is 0 Å². The smallest absolute Gasteiger partial charge is 0.0712 e. The molecule has 1 atom stereocenters. The Morgan fingerprint density at radius 3 is 2.60 bits per heavy atom. The number of nitrogens with one attached hydrogen (secondary N) is 1. The van der Waals surface area contributed by atoms with Crippen molar-refractivity contribution in [3.05, 3.63) is 56.2 Å². The molecule has 1 saturated heterocycles. The molecule has 1 fully saturated rings. The first-order valence-corrected chi connectivity index (χ1v) is 8.33. The van der Waals surface area contributed by atoms with Crippen molar-refractivity contribution in [3.63, 3.8) is 0 Å². The van der Waals surface area contributed by atoms with E-state index in [2.05, 4.69) is 33.8 Å². The topological polar surface area (TPSA) is 15.3 Å². The monoisotopic (exact) mass is 326 g/mol. The molecule has 1 aromatic heterocycles. The molecule has 0 aliphatic carbocycles. The zero-order valence-electron chi connectivity index (χ0n) is 11.0. The van der Waals surface area contributed by atoms with Gasteiger partial charge in [-0.15, -0.1) is 11.3 Å². The van der Waals surface area contributed by atoms with Crippen molar-refractivity contribution in [2.24, 2.45) is 0 Å². The highest BCUT2D eigenvalue weighted by molar-refractivity contribution is 7.10. The summed E-state index contributed by atoms with van der Waals surface area (Å²) in [5.41, 5.74) is 1.10. The molecule has 1 aromatic carbocycles. The zero-order chi connectivity index (χ0) is 13.9. The molecule has 1 aliphatic heterocycles. The highest BCUT2D eigenvalue weighted by Gasteiger charge is 2.26. The van der Waals surface area contributed by atoms with E-state index >= 15 is 0 Å². The van der Waals surface area contributed by atoms with E-state index in [0.717, 1.165) is 31.7 Å². The number of halogens is 2. The van der Waals surface area contributed by atoms with Crippen LogP contribution < -0.4 is 5.32 Å². The summed E-state index contributed by atoms with van der Waals surface area (Å²) in [5, 5.41) is 6.81. The lowest BCUT2D eigenvalue weighted by atomic mass is 10.0. The predicted molar refractivity (Wildman–Crippen MR) is 87.1 cm³/mol. The Balaban J connectivity index is 2.03.